The van der Waals surface area contributed by atoms with Gasteiger partial charge in [-0.2, -0.15) is 4.21 Å². The molecule has 0 fully saturated rings. The maximum atomic E-state index is 8.67. The monoisotopic (exact) mass is 203 g/mol. The molecule has 6 N–H and O–H groups in total. The summed E-state index contributed by atoms with van der Waals surface area (Å²) in [6.07, 6.45) is 0. The van der Waals surface area contributed by atoms with Gasteiger partial charge in [0.25, 0.3) is 11.4 Å². The van der Waals surface area contributed by atoms with Crippen molar-refractivity contribution in [2.24, 2.45) is 0 Å². The van der Waals surface area contributed by atoms with E-state index in [4.69, 9.17) is 26.6 Å². The molecule has 60 valence electrons. The summed E-state index contributed by atoms with van der Waals surface area (Å²) in [5.41, 5.74) is 0. The third-order valence-corrected chi connectivity index (χ3v) is 0. The van der Waals surface area contributed by atoms with Crippen molar-refractivity contribution in [2.75, 3.05) is 0 Å². The van der Waals surface area contributed by atoms with E-state index in [1.165, 1.54) is 0 Å². The maximum Gasteiger partial charge on any atom is 1.00 e. The molecule has 0 aliphatic carbocycles. The fourth-order valence-electron chi connectivity index (χ4n) is 0. The average molecular weight is 203 g/mol. The molecule has 0 radical (unpaired) electrons. The third-order valence-electron chi connectivity index (χ3n) is 0. The molecule has 0 spiro atoms. The SMILES string of the molecule is N.O=S(O)O.O=S([O-])O.[Na+]. The number of rotatable bonds is 0. The van der Waals surface area contributed by atoms with Gasteiger partial charge in [-0.25, -0.2) is 4.21 Å². The molecule has 0 amide bonds. The van der Waals surface area contributed by atoms with Gasteiger partial charge in [-0.1, -0.05) is 0 Å². The molecule has 10 heavy (non-hydrogen) atoms. The Morgan fingerprint density at radius 3 is 1.10 bits per heavy atom. The molecule has 0 aromatic rings. The third kappa shape index (κ3) is 493. The van der Waals surface area contributed by atoms with E-state index < -0.39 is 22.7 Å². The molecule has 0 rings (SSSR count). The van der Waals surface area contributed by atoms with E-state index in [2.05, 4.69) is 0 Å². The molecule has 0 saturated carbocycles. The fraction of sp³-hybridized carbons (Fsp3) is 0. The van der Waals surface area contributed by atoms with Crippen molar-refractivity contribution >= 4 is 22.7 Å². The Morgan fingerprint density at radius 1 is 1.10 bits per heavy atom. The van der Waals surface area contributed by atoms with Gasteiger partial charge >= 0.3 is 29.6 Å². The summed E-state index contributed by atoms with van der Waals surface area (Å²) in [5.74, 6) is 0. The second-order valence-electron chi connectivity index (χ2n) is 0.448. The average Bonchev–Trinajstić information content (AvgIpc) is 1.25. The minimum atomic E-state index is -2.86. The minimum Gasteiger partial charge on any atom is -0.750 e. The molecule has 10 heteroatoms. The summed E-state index contributed by atoms with van der Waals surface area (Å²) in [6, 6.07) is 0. The molecule has 1 atom stereocenters. The van der Waals surface area contributed by atoms with E-state index in [1.54, 1.807) is 0 Å². The first-order valence-corrected chi connectivity index (χ1v) is 3.14. The van der Waals surface area contributed by atoms with Crippen LogP contribution in [0.2, 0.25) is 0 Å². The van der Waals surface area contributed by atoms with E-state index >= 15 is 0 Å². The van der Waals surface area contributed by atoms with Crippen LogP contribution in [0.3, 0.4) is 0 Å². The Hall–Kier alpha value is 1.10. The van der Waals surface area contributed by atoms with Crippen LogP contribution in [0, 0.1) is 0 Å². The van der Waals surface area contributed by atoms with E-state index in [0.717, 1.165) is 0 Å². The summed E-state index contributed by atoms with van der Waals surface area (Å²) in [4.78, 5) is 0. The van der Waals surface area contributed by atoms with Crippen LogP contribution in [-0.4, -0.2) is 26.6 Å². The van der Waals surface area contributed by atoms with Gasteiger partial charge in [-0.05, 0) is 0 Å². The molecule has 0 aliphatic heterocycles. The van der Waals surface area contributed by atoms with E-state index in [-0.39, 0.29) is 35.7 Å². The number of hydrogen-bond acceptors (Lipinski definition) is 4. The zero-order valence-corrected chi connectivity index (χ0v) is 8.72. The predicted octanol–water partition coefficient (Wildman–Crippen LogP) is -3.81. The molecule has 0 saturated heterocycles. The van der Waals surface area contributed by atoms with Gasteiger partial charge in [0.05, 0.1) is 11.4 Å². The van der Waals surface area contributed by atoms with Gasteiger partial charge in [0.2, 0.25) is 0 Å². The normalized spacial score (nSPS) is 9.70. The molecule has 1 unspecified atom stereocenters. The molecular formula is H6NNaO6S2. The molecule has 0 aliphatic rings. The van der Waals surface area contributed by atoms with Crippen LogP contribution in [0.5, 0.6) is 0 Å². The van der Waals surface area contributed by atoms with Gasteiger partial charge in [-0.15, -0.1) is 0 Å². The van der Waals surface area contributed by atoms with Crippen LogP contribution < -0.4 is 35.7 Å². The van der Waals surface area contributed by atoms with Crippen molar-refractivity contribution in [2.45, 2.75) is 0 Å². The van der Waals surface area contributed by atoms with Crippen LogP contribution in [0.1, 0.15) is 0 Å². The largest absolute Gasteiger partial charge is 1.00 e. The van der Waals surface area contributed by atoms with Crippen LogP contribution in [0.15, 0.2) is 0 Å². The summed E-state index contributed by atoms with van der Waals surface area (Å²) < 4.78 is 46.9. The molecular weight excluding hydrogens is 197 g/mol. The smallest absolute Gasteiger partial charge is 0.750 e. The number of hydrogen-bond donors (Lipinski definition) is 4. The van der Waals surface area contributed by atoms with Crippen LogP contribution in [-0.2, 0) is 22.7 Å². The summed E-state index contributed by atoms with van der Waals surface area (Å²) >= 11 is -5.47. The van der Waals surface area contributed by atoms with E-state index in [0.29, 0.717) is 0 Å². The first-order chi connectivity index (χ1) is 3.46. The quantitative estimate of drug-likeness (QED) is 0.232. The van der Waals surface area contributed by atoms with Crippen molar-refractivity contribution in [3.63, 3.8) is 0 Å². The van der Waals surface area contributed by atoms with Crippen LogP contribution >= 0.6 is 0 Å². The minimum absolute atomic E-state index is 0. The van der Waals surface area contributed by atoms with Crippen molar-refractivity contribution < 1.29 is 56.2 Å². The zero-order valence-electron chi connectivity index (χ0n) is 5.09. The maximum absolute atomic E-state index is 8.67. The zero-order chi connectivity index (χ0) is 7.15. The van der Waals surface area contributed by atoms with Crippen molar-refractivity contribution in [3.8, 4) is 0 Å². The van der Waals surface area contributed by atoms with Gasteiger partial charge < -0.3 is 15.3 Å². The second kappa shape index (κ2) is 16.6. The Labute approximate surface area is 84.7 Å². The summed E-state index contributed by atoms with van der Waals surface area (Å²) in [6.45, 7) is 0. The molecule has 0 bridgehead atoms. The van der Waals surface area contributed by atoms with Gasteiger partial charge in [0.1, 0.15) is 0 Å². The van der Waals surface area contributed by atoms with Gasteiger partial charge in [-0.3, -0.25) is 9.11 Å². The predicted molar refractivity (Wildman–Crippen MR) is 30.0 cm³/mol. The molecule has 0 heterocycles. The first kappa shape index (κ1) is 22.5. The van der Waals surface area contributed by atoms with Crippen molar-refractivity contribution in [1.82, 2.24) is 6.15 Å². The molecule has 0 aromatic carbocycles. The molecule has 7 nitrogen and oxygen atoms in total. The summed E-state index contributed by atoms with van der Waals surface area (Å²) in [5, 5.41) is 0. The standard InChI is InChI=1S/H3N.Na.2H2O3S/c;;2*1-4(2)3/h1H3;;2*(H2,1,2,3)/q;+1;;/p-1. The van der Waals surface area contributed by atoms with E-state index in [1.807, 2.05) is 0 Å². The van der Waals surface area contributed by atoms with Gasteiger partial charge in [0.15, 0.2) is 0 Å². The summed E-state index contributed by atoms with van der Waals surface area (Å²) in [7, 11) is 0. The van der Waals surface area contributed by atoms with Crippen molar-refractivity contribution in [3.05, 3.63) is 0 Å². The Kier molecular flexibility index (Phi) is 37.3. The van der Waals surface area contributed by atoms with E-state index in [9.17, 15) is 0 Å². The Bertz CT molecular complexity index is 73.7. The fourth-order valence-corrected chi connectivity index (χ4v) is 0. The van der Waals surface area contributed by atoms with Crippen molar-refractivity contribution in [1.29, 1.82) is 0 Å². The topological polar surface area (TPSA) is 153 Å². The molecule has 0 aromatic heterocycles. The van der Waals surface area contributed by atoms with Crippen LogP contribution in [0.25, 0.3) is 0 Å². The second-order valence-corrected chi connectivity index (χ2v) is 1.34. The van der Waals surface area contributed by atoms with Crippen LogP contribution in [0.4, 0.5) is 0 Å². The Morgan fingerprint density at radius 2 is 1.10 bits per heavy atom. The van der Waals surface area contributed by atoms with Gasteiger partial charge in [0, 0.05) is 0 Å². The first-order valence-electron chi connectivity index (χ1n) is 1.05. The Balaban J connectivity index is -0.0000000300.